The van der Waals surface area contributed by atoms with Crippen molar-refractivity contribution >= 4 is 16.9 Å². The summed E-state index contributed by atoms with van der Waals surface area (Å²) in [6.07, 6.45) is 5.87. The predicted molar refractivity (Wildman–Crippen MR) is 117 cm³/mol. The molecular weight excluding hydrogens is 346 g/mol. The summed E-state index contributed by atoms with van der Waals surface area (Å²) in [7, 11) is 0. The third-order valence-corrected chi connectivity index (χ3v) is 5.21. The summed E-state index contributed by atoms with van der Waals surface area (Å²) in [6, 6.07) is 16.3. The summed E-state index contributed by atoms with van der Waals surface area (Å²) in [5.41, 5.74) is 3.90. The Bertz CT molecular complexity index is 909. The number of amides is 1. The number of nitrogens with one attached hydrogen (secondary N) is 1. The predicted octanol–water partition coefficient (Wildman–Crippen LogP) is 6.92. The molecule has 0 atom stereocenters. The maximum absolute atomic E-state index is 12.9. The molecule has 148 valence electrons. The number of furan rings is 1. The van der Waals surface area contributed by atoms with Crippen LogP contribution in [0.25, 0.3) is 22.1 Å². The van der Waals surface area contributed by atoms with Gasteiger partial charge in [-0.3, -0.25) is 4.79 Å². The highest BCUT2D eigenvalue weighted by Crippen LogP contribution is 2.36. The maximum atomic E-state index is 12.9. The number of unbranched alkanes of at least 4 members (excludes halogenated alkanes) is 4. The topological polar surface area (TPSA) is 42.2 Å². The van der Waals surface area contributed by atoms with E-state index in [9.17, 15) is 4.79 Å². The molecule has 28 heavy (non-hydrogen) atoms. The van der Waals surface area contributed by atoms with E-state index < -0.39 is 0 Å². The summed E-state index contributed by atoms with van der Waals surface area (Å²) in [5.74, 6) is 0.704. The molecule has 1 aromatic heterocycles. The molecule has 0 spiro atoms. The Balaban J connectivity index is 1.89. The first-order valence-corrected chi connectivity index (χ1v) is 10.5. The van der Waals surface area contributed by atoms with Gasteiger partial charge in [0.05, 0.1) is 0 Å². The van der Waals surface area contributed by atoms with Gasteiger partial charge in [0.1, 0.15) is 5.58 Å². The van der Waals surface area contributed by atoms with Gasteiger partial charge in [0.15, 0.2) is 0 Å². The lowest BCUT2D eigenvalue weighted by Gasteiger charge is -2.07. The van der Waals surface area contributed by atoms with Gasteiger partial charge in [-0.15, -0.1) is 0 Å². The van der Waals surface area contributed by atoms with Crippen LogP contribution in [0.15, 0.2) is 52.9 Å². The van der Waals surface area contributed by atoms with Crippen LogP contribution in [0, 0.1) is 0 Å². The van der Waals surface area contributed by atoms with Gasteiger partial charge in [0.25, 0.3) is 5.91 Å². The molecule has 1 heterocycles. The van der Waals surface area contributed by atoms with Crippen molar-refractivity contribution in [3.05, 3.63) is 59.9 Å². The summed E-state index contributed by atoms with van der Waals surface area (Å²) in [4.78, 5) is 12.9. The average molecular weight is 378 g/mol. The molecule has 0 saturated heterocycles. The third kappa shape index (κ3) is 4.64. The van der Waals surface area contributed by atoms with Gasteiger partial charge in [-0.2, -0.15) is 0 Å². The van der Waals surface area contributed by atoms with Gasteiger partial charge in [-0.1, -0.05) is 82.9 Å². The molecule has 0 radical (unpaired) electrons. The van der Waals surface area contributed by atoms with Crippen molar-refractivity contribution in [3.63, 3.8) is 0 Å². The number of carbonyl (C=O) groups excluding carboxylic acids is 1. The average Bonchev–Trinajstić information content (AvgIpc) is 3.10. The van der Waals surface area contributed by atoms with E-state index in [-0.39, 0.29) is 5.91 Å². The Morgan fingerprint density at radius 2 is 1.75 bits per heavy atom. The van der Waals surface area contributed by atoms with Crippen LogP contribution in [0.1, 0.15) is 74.9 Å². The number of hydrogen-bond donors (Lipinski definition) is 1. The van der Waals surface area contributed by atoms with E-state index in [0.717, 1.165) is 34.9 Å². The molecule has 0 aliphatic carbocycles. The molecule has 3 heteroatoms. The van der Waals surface area contributed by atoms with E-state index in [1.165, 1.54) is 24.8 Å². The lowest BCUT2D eigenvalue weighted by molar-refractivity contribution is 0.0928. The number of carbonyl (C=O) groups is 1. The Morgan fingerprint density at radius 1 is 1.00 bits per heavy atom. The van der Waals surface area contributed by atoms with Crippen LogP contribution >= 0.6 is 0 Å². The first kappa shape index (κ1) is 20.2. The van der Waals surface area contributed by atoms with Crippen LogP contribution in [0.3, 0.4) is 0 Å². The normalized spacial score (nSPS) is 11.3. The Hall–Kier alpha value is -2.55. The minimum Gasteiger partial charge on any atom is -0.450 e. The summed E-state index contributed by atoms with van der Waals surface area (Å²) >= 11 is 0. The van der Waals surface area contributed by atoms with Crippen LogP contribution in [0.4, 0.5) is 0 Å². The van der Waals surface area contributed by atoms with E-state index in [1.54, 1.807) is 0 Å². The van der Waals surface area contributed by atoms with Crippen molar-refractivity contribution in [2.45, 2.75) is 58.8 Å². The zero-order valence-electron chi connectivity index (χ0n) is 17.3. The highest BCUT2D eigenvalue weighted by atomic mass is 16.3. The second-order valence-corrected chi connectivity index (χ2v) is 7.75. The SMILES string of the molecule is CCCCCCCNC(=O)c1oc2ccc(C(C)C)cc2c1-c1ccccc1. The summed E-state index contributed by atoms with van der Waals surface area (Å²) < 4.78 is 6.03. The number of fused-ring (bicyclic) bond motifs is 1. The summed E-state index contributed by atoms with van der Waals surface area (Å²) in [5, 5.41) is 4.06. The minimum absolute atomic E-state index is 0.128. The van der Waals surface area contributed by atoms with E-state index >= 15 is 0 Å². The molecule has 0 fully saturated rings. The van der Waals surface area contributed by atoms with Crippen LogP contribution < -0.4 is 5.32 Å². The molecule has 2 aromatic carbocycles. The number of benzene rings is 2. The van der Waals surface area contributed by atoms with Crippen LogP contribution in [0.5, 0.6) is 0 Å². The second-order valence-electron chi connectivity index (χ2n) is 7.75. The van der Waals surface area contributed by atoms with Crippen molar-refractivity contribution < 1.29 is 9.21 Å². The second kappa shape index (κ2) is 9.59. The molecule has 3 nitrogen and oxygen atoms in total. The molecular formula is C25H31NO2. The lowest BCUT2D eigenvalue weighted by Crippen LogP contribution is -2.24. The fourth-order valence-corrected chi connectivity index (χ4v) is 3.54. The smallest absolute Gasteiger partial charge is 0.287 e. The largest absolute Gasteiger partial charge is 0.450 e. The van der Waals surface area contributed by atoms with Gasteiger partial charge >= 0.3 is 0 Å². The zero-order chi connectivity index (χ0) is 19.9. The monoisotopic (exact) mass is 377 g/mol. The lowest BCUT2D eigenvalue weighted by atomic mass is 9.97. The Kier molecular flexibility index (Phi) is 6.91. The number of hydrogen-bond acceptors (Lipinski definition) is 2. The van der Waals surface area contributed by atoms with Gasteiger partial charge in [-0.05, 0) is 35.6 Å². The first-order chi connectivity index (χ1) is 13.6. The summed E-state index contributed by atoms with van der Waals surface area (Å²) in [6.45, 7) is 7.25. The van der Waals surface area contributed by atoms with Crippen LogP contribution in [-0.4, -0.2) is 12.5 Å². The van der Waals surface area contributed by atoms with Crippen LogP contribution in [-0.2, 0) is 0 Å². The molecule has 1 N–H and O–H groups in total. The van der Waals surface area contributed by atoms with Gasteiger partial charge < -0.3 is 9.73 Å². The molecule has 3 rings (SSSR count). The highest BCUT2D eigenvalue weighted by Gasteiger charge is 2.22. The standard InChI is InChI=1S/C25H31NO2/c1-4-5-6-7-11-16-26-25(27)24-23(19-12-9-8-10-13-19)21-17-20(18(2)3)14-15-22(21)28-24/h8-10,12-15,17-18H,4-7,11,16H2,1-3H3,(H,26,27). The minimum atomic E-state index is -0.128. The van der Waals surface area contributed by atoms with Crippen molar-refractivity contribution in [1.29, 1.82) is 0 Å². The Morgan fingerprint density at radius 3 is 2.46 bits per heavy atom. The molecule has 0 bridgehead atoms. The molecule has 3 aromatic rings. The van der Waals surface area contributed by atoms with E-state index in [4.69, 9.17) is 4.42 Å². The third-order valence-electron chi connectivity index (χ3n) is 5.21. The fourth-order valence-electron chi connectivity index (χ4n) is 3.54. The van der Waals surface area contributed by atoms with E-state index in [1.807, 2.05) is 36.4 Å². The van der Waals surface area contributed by atoms with Gasteiger partial charge in [0, 0.05) is 17.5 Å². The molecule has 1 amide bonds. The van der Waals surface area contributed by atoms with Crippen molar-refractivity contribution in [1.82, 2.24) is 5.32 Å². The molecule has 0 aliphatic heterocycles. The quantitative estimate of drug-likeness (QED) is 0.411. The first-order valence-electron chi connectivity index (χ1n) is 10.5. The van der Waals surface area contributed by atoms with Gasteiger partial charge in [0.2, 0.25) is 5.76 Å². The fraction of sp³-hybridized carbons (Fsp3) is 0.400. The zero-order valence-corrected chi connectivity index (χ0v) is 17.3. The maximum Gasteiger partial charge on any atom is 0.287 e. The molecule has 0 aliphatic rings. The van der Waals surface area contributed by atoms with Crippen molar-refractivity contribution in [2.75, 3.05) is 6.54 Å². The van der Waals surface area contributed by atoms with Crippen molar-refractivity contribution in [2.24, 2.45) is 0 Å². The van der Waals surface area contributed by atoms with Crippen molar-refractivity contribution in [3.8, 4) is 11.1 Å². The number of rotatable bonds is 9. The van der Waals surface area contributed by atoms with E-state index in [2.05, 4.69) is 38.2 Å². The highest BCUT2D eigenvalue weighted by molar-refractivity contribution is 6.08. The van der Waals surface area contributed by atoms with Gasteiger partial charge in [-0.25, -0.2) is 0 Å². The molecule has 0 saturated carbocycles. The Labute approximate surface area is 168 Å². The van der Waals surface area contributed by atoms with Crippen LogP contribution in [0.2, 0.25) is 0 Å². The van der Waals surface area contributed by atoms with E-state index in [0.29, 0.717) is 18.2 Å². The molecule has 0 unspecified atom stereocenters.